The van der Waals surface area contributed by atoms with Gasteiger partial charge in [-0.05, 0) is 31.2 Å². The lowest BCUT2D eigenvalue weighted by Gasteiger charge is -2.33. The van der Waals surface area contributed by atoms with Gasteiger partial charge in [-0.15, -0.1) is 10.2 Å². The molecule has 1 aliphatic rings. The Kier molecular flexibility index (Phi) is 6.21. The number of hydrogen-bond donors (Lipinski definition) is 4. The molecule has 1 aromatic rings. The van der Waals surface area contributed by atoms with Crippen LogP contribution in [0.3, 0.4) is 0 Å². The Morgan fingerprint density at radius 1 is 1.39 bits per heavy atom. The Labute approximate surface area is 139 Å². The minimum absolute atomic E-state index is 0.0604. The van der Waals surface area contributed by atoms with Crippen molar-refractivity contribution in [2.75, 3.05) is 23.7 Å². The lowest BCUT2D eigenvalue weighted by atomic mass is 10.1. The Bertz CT molecular complexity index is 575. The van der Waals surface area contributed by atoms with Crippen molar-refractivity contribution in [3.8, 4) is 0 Å². The lowest BCUT2D eigenvalue weighted by Crippen LogP contribution is -2.40. The van der Waals surface area contributed by atoms with Crippen LogP contribution in [0.2, 0.25) is 0 Å². The first-order valence-electron chi connectivity index (χ1n) is 7.61. The van der Waals surface area contributed by atoms with Crippen LogP contribution in [0, 0.1) is 0 Å². The number of rotatable bonds is 6. The maximum Gasteiger partial charge on any atom is 0.225 e. The van der Waals surface area contributed by atoms with Crippen LogP contribution in [0.4, 0.5) is 10.3 Å². The summed E-state index contributed by atoms with van der Waals surface area (Å²) in [7, 11) is 0. The molecule has 2 rings (SSSR count). The molecule has 1 amide bonds. The predicted octanol–water partition coefficient (Wildman–Crippen LogP) is 1.04. The Morgan fingerprint density at radius 3 is 2.74 bits per heavy atom. The van der Waals surface area contributed by atoms with Gasteiger partial charge in [0.2, 0.25) is 16.2 Å². The summed E-state index contributed by atoms with van der Waals surface area (Å²) in [6.07, 6.45) is 7.34. The second-order valence-electron chi connectivity index (χ2n) is 5.20. The monoisotopic (exact) mass is 337 g/mol. The van der Waals surface area contributed by atoms with Crippen molar-refractivity contribution in [3.63, 3.8) is 0 Å². The molecular formula is C14H23N7OS. The highest BCUT2D eigenvalue weighted by Gasteiger charge is 2.20. The van der Waals surface area contributed by atoms with Gasteiger partial charge < -0.3 is 27.0 Å². The average Bonchev–Trinajstić information content (AvgIpc) is 3.00. The Balaban J connectivity index is 1.81. The number of carbonyl (C=O) groups is 1. The first kappa shape index (κ1) is 17.1. The molecule has 0 unspecified atom stereocenters. The van der Waals surface area contributed by atoms with Gasteiger partial charge in [-0.2, -0.15) is 0 Å². The fourth-order valence-electron chi connectivity index (χ4n) is 2.26. The topological polar surface area (TPSA) is 122 Å². The van der Waals surface area contributed by atoms with Crippen molar-refractivity contribution in [1.82, 2.24) is 15.1 Å². The van der Waals surface area contributed by atoms with E-state index in [0.717, 1.165) is 36.9 Å². The molecule has 0 aromatic carbocycles. The lowest BCUT2D eigenvalue weighted by molar-refractivity contribution is -0.115. The first-order chi connectivity index (χ1) is 11.1. The number of aromatic nitrogens is 2. The molecule has 1 fully saturated rings. The van der Waals surface area contributed by atoms with E-state index in [1.807, 2.05) is 0 Å². The molecule has 126 valence electrons. The van der Waals surface area contributed by atoms with E-state index in [4.69, 9.17) is 11.5 Å². The minimum atomic E-state index is -0.0604. The van der Waals surface area contributed by atoms with Crippen molar-refractivity contribution >= 4 is 27.5 Å². The summed E-state index contributed by atoms with van der Waals surface area (Å²) in [6, 6.07) is 0.326. The maximum absolute atomic E-state index is 11.3. The standard InChI is InChI=1S/C14H23N7OS/c1-2-12(22)18-14-20-19-13(23-14)17-10-5-8-21(9-6-10)11(16)4-3-7-15/h3-4,7,10H,2,5-6,8-9,15-16H2,1H3,(H,17,19)(H,18,20,22)/b7-3-,11-4+. The number of likely N-dealkylation sites (tertiary alicyclic amines) is 1. The van der Waals surface area contributed by atoms with Gasteiger partial charge in [-0.25, -0.2) is 0 Å². The maximum atomic E-state index is 11.3. The predicted molar refractivity (Wildman–Crippen MR) is 92.6 cm³/mol. The molecule has 6 N–H and O–H groups in total. The number of piperidine rings is 1. The van der Waals surface area contributed by atoms with Crippen molar-refractivity contribution < 1.29 is 4.79 Å². The molecule has 1 saturated heterocycles. The van der Waals surface area contributed by atoms with Crippen LogP contribution in [0.15, 0.2) is 24.2 Å². The molecule has 0 radical (unpaired) electrons. The van der Waals surface area contributed by atoms with E-state index < -0.39 is 0 Å². The van der Waals surface area contributed by atoms with Crippen LogP contribution in [-0.4, -0.2) is 40.1 Å². The number of nitrogens with two attached hydrogens (primary N) is 2. The Morgan fingerprint density at radius 2 is 2.09 bits per heavy atom. The Hall–Kier alpha value is -2.29. The molecule has 1 aliphatic heterocycles. The molecule has 2 heterocycles. The number of nitrogens with one attached hydrogen (secondary N) is 2. The van der Waals surface area contributed by atoms with Crippen LogP contribution in [-0.2, 0) is 4.79 Å². The van der Waals surface area contributed by atoms with Crippen LogP contribution in [0.25, 0.3) is 0 Å². The van der Waals surface area contributed by atoms with Gasteiger partial charge in [-0.1, -0.05) is 18.3 Å². The highest BCUT2D eigenvalue weighted by molar-refractivity contribution is 7.19. The molecule has 0 aliphatic carbocycles. The fourth-order valence-corrected chi connectivity index (χ4v) is 2.99. The van der Waals surface area contributed by atoms with E-state index in [9.17, 15) is 4.79 Å². The van der Waals surface area contributed by atoms with Crippen LogP contribution in [0.5, 0.6) is 0 Å². The highest BCUT2D eigenvalue weighted by Crippen LogP contribution is 2.23. The second kappa shape index (κ2) is 8.37. The molecule has 9 heteroatoms. The number of anilines is 2. The van der Waals surface area contributed by atoms with E-state index in [0.29, 0.717) is 17.6 Å². The van der Waals surface area contributed by atoms with Crippen LogP contribution < -0.4 is 22.1 Å². The van der Waals surface area contributed by atoms with Crippen molar-refractivity contribution in [1.29, 1.82) is 0 Å². The third-order valence-electron chi connectivity index (χ3n) is 3.56. The molecule has 0 bridgehead atoms. The summed E-state index contributed by atoms with van der Waals surface area (Å²) in [5, 5.41) is 15.4. The van der Waals surface area contributed by atoms with Crippen molar-refractivity contribution in [2.24, 2.45) is 11.5 Å². The zero-order valence-electron chi connectivity index (χ0n) is 13.2. The fraction of sp³-hybridized carbons (Fsp3) is 0.500. The van der Waals surface area contributed by atoms with Gasteiger partial charge >= 0.3 is 0 Å². The zero-order valence-corrected chi connectivity index (χ0v) is 14.0. The average molecular weight is 337 g/mol. The van der Waals surface area contributed by atoms with Crippen LogP contribution in [0.1, 0.15) is 26.2 Å². The first-order valence-corrected chi connectivity index (χ1v) is 8.43. The largest absolute Gasteiger partial charge is 0.405 e. The van der Waals surface area contributed by atoms with E-state index >= 15 is 0 Å². The summed E-state index contributed by atoms with van der Waals surface area (Å²) in [5.74, 6) is 0.667. The van der Waals surface area contributed by atoms with Gasteiger partial charge in [0.15, 0.2) is 0 Å². The number of hydrogen-bond acceptors (Lipinski definition) is 8. The summed E-state index contributed by atoms with van der Waals surface area (Å²) in [6.45, 7) is 3.54. The van der Waals surface area contributed by atoms with Gasteiger partial charge in [-0.3, -0.25) is 4.79 Å². The van der Waals surface area contributed by atoms with Crippen molar-refractivity contribution in [2.45, 2.75) is 32.2 Å². The SMILES string of the molecule is CCC(=O)Nc1nnc(NC2CCN(/C(N)=C/C=C\N)CC2)s1. The normalized spacial score (nSPS) is 16.7. The number of carbonyl (C=O) groups excluding carboxylic acids is 1. The van der Waals surface area contributed by atoms with E-state index in [1.165, 1.54) is 17.5 Å². The molecule has 0 saturated carbocycles. The van der Waals surface area contributed by atoms with E-state index in [-0.39, 0.29) is 5.91 Å². The summed E-state index contributed by atoms with van der Waals surface area (Å²) < 4.78 is 0. The highest BCUT2D eigenvalue weighted by atomic mass is 32.1. The second-order valence-corrected chi connectivity index (χ2v) is 6.17. The smallest absolute Gasteiger partial charge is 0.225 e. The molecule has 23 heavy (non-hydrogen) atoms. The molecule has 1 aromatic heterocycles. The van der Waals surface area contributed by atoms with Gasteiger partial charge in [0, 0.05) is 25.6 Å². The number of allylic oxidation sites excluding steroid dienone is 2. The third kappa shape index (κ3) is 5.13. The minimum Gasteiger partial charge on any atom is -0.405 e. The number of amides is 1. The summed E-state index contributed by atoms with van der Waals surface area (Å²) in [4.78, 5) is 13.5. The molecule has 8 nitrogen and oxygen atoms in total. The van der Waals surface area contributed by atoms with Gasteiger partial charge in [0.05, 0.1) is 5.82 Å². The summed E-state index contributed by atoms with van der Waals surface area (Å²) >= 11 is 1.35. The van der Waals surface area contributed by atoms with E-state index in [2.05, 4.69) is 25.7 Å². The third-order valence-corrected chi connectivity index (χ3v) is 4.33. The van der Waals surface area contributed by atoms with Crippen LogP contribution >= 0.6 is 11.3 Å². The molecule has 0 spiro atoms. The summed E-state index contributed by atoms with van der Waals surface area (Å²) in [5.41, 5.74) is 11.3. The zero-order chi connectivity index (χ0) is 16.7. The van der Waals surface area contributed by atoms with Gasteiger partial charge in [0.25, 0.3) is 0 Å². The molecular weight excluding hydrogens is 314 g/mol. The molecule has 0 atom stereocenters. The van der Waals surface area contributed by atoms with Gasteiger partial charge in [0.1, 0.15) is 0 Å². The van der Waals surface area contributed by atoms with Crippen molar-refractivity contribution in [3.05, 3.63) is 24.2 Å². The number of nitrogens with zero attached hydrogens (tertiary/aromatic N) is 3. The quantitative estimate of drug-likeness (QED) is 0.572. The van der Waals surface area contributed by atoms with E-state index in [1.54, 1.807) is 19.1 Å².